The Kier molecular flexibility index (Phi) is 2.15. The number of oxime groups is 1. The van der Waals surface area contributed by atoms with Gasteiger partial charge in [0.25, 0.3) is 0 Å². The zero-order chi connectivity index (χ0) is 8.27. The highest BCUT2D eigenvalue weighted by Gasteiger charge is 2.00. The van der Waals surface area contributed by atoms with Crippen LogP contribution in [0.4, 0.5) is 8.78 Å². The van der Waals surface area contributed by atoms with Crippen molar-refractivity contribution in [3.63, 3.8) is 0 Å². The van der Waals surface area contributed by atoms with Crippen molar-refractivity contribution in [2.75, 3.05) is 0 Å². The molecule has 0 fully saturated rings. The average Bonchev–Trinajstić information content (AvgIpc) is 1.98. The summed E-state index contributed by atoms with van der Waals surface area (Å²) in [6.45, 7) is 0. The summed E-state index contributed by atoms with van der Waals surface area (Å²) in [5.74, 6) is -1.37. The molecule has 0 saturated heterocycles. The number of halogens is 2. The first-order valence-electron chi connectivity index (χ1n) is 2.78. The van der Waals surface area contributed by atoms with Gasteiger partial charge in [-0.1, -0.05) is 5.16 Å². The van der Waals surface area contributed by atoms with Gasteiger partial charge in [0.05, 0.1) is 6.21 Å². The van der Waals surface area contributed by atoms with Crippen LogP contribution in [0.5, 0.6) is 0 Å². The molecule has 4 heteroatoms. The lowest BCUT2D eigenvalue weighted by Gasteiger charge is -1.92. The van der Waals surface area contributed by atoms with Gasteiger partial charge in [-0.25, -0.2) is 8.78 Å². The number of hydrogen-bond acceptors (Lipinski definition) is 2. The van der Waals surface area contributed by atoms with Crippen LogP contribution in [-0.4, -0.2) is 11.4 Å². The Hall–Kier alpha value is -1.45. The minimum atomic E-state index is -0.746. The summed E-state index contributed by atoms with van der Waals surface area (Å²) in [5, 5.41) is 10.6. The Bertz CT molecular complexity index is 286. The molecule has 0 amide bonds. The molecule has 1 aromatic rings. The van der Waals surface area contributed by atoms with E-state index in [0.717, 1.165) is 18.3 Å². The first-order valence-corrected chi connectivity index (χ1v) is 2.78. The van der Waals surface area contributed by atoms with Crippen molar-refractivity contribution in [1.29, 1.82) is 0 Å². The van der Waals surface area contributed by atoms with Gasteiger partial charge in [0.2, 0.25) is 0 Å². The zero-order valence-electron chi connectivity index (χ0n) is 5.38. The van der Waals surface area contributed by atoms with Crippen LogP contribution < -0.4 is 0 Å². The molecule has 0 heterocycles. The molecule has 0 saturated carbocycles. The van der Waals surface area contributed by atoms with E-state index in [9.17, 15) is 8.78 Å². The third-order valence-corrected chi connectivity index (χ3v) is 1.08. The summed E-state index contributed by atoms with van der Waals surface area (Å²) in [6, 6.07) is 3.78. The quantitative estimate of drug-likeness (QED) is 0.373. The minimum Gasteiger partial charge on any atom is -0.411 e. The van der Waals surface area contributed by atoms with Gasteiger partial charge < -0.3 is 5.21 Å². The van der Waals surface area contributed by atoms with Crippen molar-refractivity contribution in [3.8, 4) is 0 Å². The lowest BCUT2D eigenvalue weighted by Crippen LogP contribution is -1.89. The summed E-state index contributed by atoms with van der Waals surface area (Å²) in [4.78, 5) is 0. The van der Waals surface area contributed by atoms with E-state index in [1.54, 1.807) is 0 Å². The van der Waals surface area contributed by atoms with E-state index in [1.165, 1.54) is 0 Å². The van der Waals surface area contributed by atoms with Gasteiger partial charge >= 0.3 is 0 Å². The average molecular weight is 156 g/mol. The predicted molar refractivity (Wildman–Crippen MR) is 34.6 cm³/mol. The Morgan fingerprint density at radius 2 is 2.27 bits per heavy atom. The fraction of sp³-hybridized carbons (Fsp3) is 0. The van der Waals surface area contributed by atoms with E-state index in [4.69, 9.17) is 5.21 Å². The van der Waals surface area contributed by atoms with E-state index < -0.39 is 11.6 Å². The smallest absolute Gasteiger partial charge is 0.140 e. The highest BCUT2D eigenvalue weighted by Crippen LogP contribution is 2.05. The van der Waals surface area contributed by atoms with Crippen molar-refractivity contribution < 1.29 is 14.0 Å². The maximum atomic E-state index is 12.5. The van der Waals surface area contributed by atoms with Crippen LogP contribution in [0.15, 0.2) is 17.3 Å². The van der Waals surface area contributed by atoms with Crippen LogP contribution in [0.2, 0.25) is 0 Å². The first-order chi connectivity index (χ1) is 5.24. The third-order valence-electron chi connectivity index (χ3n) is 1.08. The molecule has 57 valence electrons. The molecule has 1 rings (SSSR count). The van der Waals surface area contributed by atoms with Gasteiger partial charge in [0, 0.05) is 11.6 Å². The summed E-state index contributed by atoms with van der Waals surface area (Å²) in [5.41, 5.74) is -0.132. The van der Waals surface area contributed by atoms with E-state index >= 15 is 0 Å². The first kappa shape index (κ1) is 7.65. The monoisotopic (exact) mass is 156 g/mol. The van der Waals surface area contributed by atoms with Crippen molar-refractivity contribution >= 4 is 6.21 Å². The predicted octanol–water partition coefficient (Wildman–Crippen LogP) is 1.57. The van der Waals surface area contributed by atoms with E-state index in [0.29, 0.717) is 0 Å². The van der Waals surface area contributed by atoms with Crippen molar-refractivity contribution in [3.05, 3.63) is 35.4 Å². The molecule has 0 atom stereocenters. The van der Waals surface area contributed by atoms with E-state index in [1.807, 2.05) is 6.07 Å². The molecule has 0 unspecified atom stereocenters. The SMILES string of the molecule is ON=Cc1cc(F)c[c]c1F. The fourth-order valence-corrected chi connectivity index (χ4v) is 0.625. The molecule has 11 heavy (non-hydrogen) atoms. The standard InChI is InChI=1S/C7H4F2NO/c8-6-1-2-7(9)5(3-6)4-10-11/h1,3-4,11H. The Balaban J connectivity index is 3.12. The van der Waals surface area contributed by atoms with Crippen LogP contribution in [0.3, 0.4) is 0 Å². The molecule has 0 aliphatic rings. The molecule has 0 bridgehead atoms. The summed E-state index contributed by atoms with van der Waals surface area (Å²) in [7, 11) is 0. The lowest BCUT2D eigenvalue weighted by molar-refractivity contribution is 0.321. The van der Waals surface area contributed by atoms with E-state index in [2.05, 4.69) is 5.16 Å². The normalized spacial score (nSPS) is 10.7. The van der Waals surface area contributed by atoms with Crippen LogP contribution in [-0.2, 0) is 0 Å². The second-order valence-corrected chi connectivity index (χ2v) is 1.83. The topological polar surface area (TPSA) is 32.6 Å². The maximum Gasteiger partial charge on any atom is 0.140 e. The Morgan fingerprint density at radius 1 is 1.55 bits per heavy atom. The minimum absolute atomic E-state index is 0.132. The molecule has 1 N–H and O–H groups in total. The Morgan fingerprint density at radius 3 is 2.91 bits per heavy atom. The van der Waals surface area contributed by atoms with Gasteiger partial charge in [0.1, 0.15) is 11.6 Å². The molecular formula is C7H4F2NO. The van der Waals surface area contributed by atoms with Crippen molar-refractivity contribution in [1.82, 2.24) is 0 Å². The van der Waals surface area contributed by atoms with Gasteiger partial charge in [0.15, 0.2) is 0 Å². The third kappa shape index (κ3) is 1.73. The Labute approximate surface area is 61.8 Å². The van der Waals surface area contributed by atoms with Gasteiger partial charge in [-0.05, 0) is 12.1 Å². The fourth-order valence-electron chi connectivity index (χ4n) is 0.625. The molecule has 0 aliphatic heterocycles. The molecule has 0 aliphatic carbocycles. The van der Waals surface area contributed by atoms with Crippen LogP contribution in [0, 0.1) is 17.7 Å². The number of hydrogen-bond donors (Lipinski definition) is 1. The maximum absolute atomic E-state index is 12.5. The van der Waals surface area contributed by atoms with Crippen LogP contribution >= 0.6 is 0 Å². The molecule has 0 spiro atoms. The van der Waals surface area contributed by atoms with Gasteiger partial charge in [-0.15, -0.1) is 0 Å². The van der Waals surface area contributed by atoms with E-state index in [-0.39, 0.29) is 5.56 Å². The molecule has 0 aromatic heterocycles. The highest BCUT2D eigenvalue weighted by molar-refractivity contribution is 5.79. The molecular weight excluding hydrogens is 152 g/mol. The second kappa shape index (κ2) is 3.09. The second-order valence-electron chi connectivity index (χ2n) is 1.83. The molecule has 1 radical (unpaired) electrons. The zero-order valence-corrected chi connectivity index (χ0v) is 5.38. The van der Waals surface area contributed by atoms with Gasteiger partial charge in [-0.2, -0.15) is 0 Å². The van der Waals surface area contributed by atoms with Gasteiger partial charge in [-0.3, -0.25) is 0 Å². The summed E-state index contributed by atoms with van der Waals surface area (Å²) in [6.07, 6.45) is 0.801. The molecule has 2 nitrogen and oxygen atoms in total. The molecule has 1 aromatic carbocycles. The number of rotatable bonds is 1. The van der Waals surface area contributed by atoms with Crippen LogP contribution in [0.1, 0.15) is 5.56 Å². The largest absolute Gasteiger partial charge is 0.411 e. The highest BCUT2D eigenvalue weighted by atomic mass is 19.1. The van der Waals surface area contributed by atoms with Crippen LogP contribution in [0.25, 0.3) is 0 Å². The lowest BCUT2D eigenvalue weighted by atomic mass is 10.2. The summed E-state index contributed by atoms with van der Waals surface area (Å²) < 4.78 is 24.9. The van der Waals surface area contributed by atoms with Crippen molar-refractivity contribution in [2.24, 2.45) is 5.16 Å². The summed E-state index contributed by atoms with van der Waals surface area (Å²) >= 11 is 0. The number of nitrogens with zero attached hydrogens (tertiary/aromatic N) is 1. The number of benzene rings is 1. The van der Waals surface area contributed by atoms with Crippen molar-refractivity contribution in [2.45, 2.75) is 0 Å².